The van der Waals surface area contributed by atoms with Gasteiger partial charge in [0.15, 0.2) is 23.0 Å². The molecular formula is C44H44N4O12. The number of amides is 2. The first-order chi connectivity index (χ1) is 29.2. The van der Waals surface area contributed by atoms with Crippen LogP contribution in [0.25, 0.3) is 21.8 Å². The molecule has 2 aromatic heterocycles. The molecule has 4 aromatic carbocycles. The lowest BCUT2D eigenvalue weighted by Gasteiger charge is -2.18. The number of benzene rings is 4. The molecule has 0 saturated carbocycles. The van der Waals surface area contributed by atoms with Crippen molar-refractivity contribution < 1.29 is 57.8 Å². The van der Waals surface area contributed by atoms with E-state index in [1.807, 2.05) is 48.5 Å². The Labute approximate surface area is 343 Å². The van der Waals surface area contributed by atoms with E-state index in [9.17, 15) is 29.4 Å². The summed E-state index contributed by atoms with van der Waals surface area (Å²) in [7, 11) is 0. The lowest BCUT2D eigenvalue weighted by molar-refractivity contribution is -0.140. The van der Waals surface area contributed by atoms with E-state index in [1.54, 1.807) is 24.5 Å². The van der Waals surface area contributed by atoms with Gasteiger partial charge >= 0.3 is 11.9 Å². The summed E-state index contributed by atoms with van der Waals surface area (Å²) < 4.78 is 35.2. The third-order valence-electron chi connectivity index (χ3n) is 9.76. The molecular weight excluding hydrogens is 776 g/mol. The number of aromatic amines is 2. The zero-order chi connectivity index (χ0) is 41.8. The Morgan fingerprint density at radius 3 is 1.30 bits per heavy atom. The summed E-state index contributed by atoms with van der Waals surface area (Å²) in [5.41, 5.74) is 3.60. The van der Waals surface area contributed by atoms with E-state index in [2.05, 4.69) is 20.6 Å². The van der Waals surface area contributed by atoms with Gasteiger partial charge in [-0.25, -0.2) is 9.59 Å². The Kier molecular flexibility index (Phi) is 13.4. The van der Waals surface area contributed by atoms with E-state index in [0.717, 1.165) is 32.9 Å². The van der Waals surface area contributed by atoms with E-state index in [4.69, 9.17) is 28.4 Å². The molecule has 6 aromatic rings. The molecule has 1 aliphatic rings. The number of H-pyrrole nitrogens is 2. The molecule has 0 radical (unpaired) electrons. The monoisotopic (exact) mass is 820 g/mol. The fourth-order valence-corrected chi connectivity index (χ4v) is 6.73. The van der Waals surface area contributed by atoms with Crippen LogP contribution < -0.4 is 29.6 Å². The van der Waals surface area contributed by atoms with Gasteiger partial charge in [-0.2, -0.15) is 0 Å². The van der Waals surface area contributed by atoms with Crippen LogP contribution >= 0.6 is 0 Å². The Bertz CT molecular complexity index is 2290. The number of carboxylic acid groups (broad SMARTS) is 2. The largest absolute Gasteiger partial charge is 0.487 e. The highest BCUT2D eigenvalue weighted by atomic mass is 16.6. The molecule has 1 aliphatic heterocycles. The highest BCUT2D eigenvalue weighted by Crippen LogP contribution is 2.31. The summed E-state index contributed by atoms with van der Waals surface area (Å²) in [5, 5.41) is 26.9. The third kappa shape index (κ3) is 10.3. The molecule has 60 heavy (non-hydrogen) atoms. The second-order valence-corrected chi connectivity index (χ2v) is 13.8. The fraction of sp³-hybridized carbons (Fsp3) is 0.273. The van der Waals surface area contributed by atoms with Crippen LogP contribution in [0.1, 0.15) is 31.8 Å². The van der Waals surface area contributed by atoms with Crippen LogP contribution in [0, 0.1) is 0 Å². The van der Waals surface area contributed by atoms with E-state index in [1.165, 1.54) is 24.3 Å². The quantitative estimate of drug-likeness (QED) is 0.110. The molecule has 0 saturated heterocycles. The number of ether oxygens (including phenoxy) is 6. The molecule has 312 valence electrons. The second kappa shape index (κ2) is 19.6. The van der Waals surface area contributed by atoms with Gasteiger partial charge in [-0.05, 0) is 59.7 Å². The topological polar surface area (TPSA) is 220 Å². The van der Waals surface area contributed by atoms with Crippen molar-refractivity contribution in [3.8, 4) is 23.0 Å². The number of carboxylic acids is 2. The number of rotatable bonds is 10. The van der Waals surface area contributed by atoms with Crippen LogP contribution in [-0.4, -0.2) is 109 Å². The second-order valence-electron chi connectivity index (χ2n) is 13.8. The summed E-state index contributed by atoms with van der Waals surface area (Å²) in [6, 6.07) is 21.8. The van der Waals surface area contributed by atoms with E-state index >= 15 is 0 Å². The van der Waals surface area contributed by atoms with Gasteiger partial charge in [-0.15, -0.1) is 0 Å². The summed E-state index contributed by atoms with van der Waals surface area (Å²) in [5.74, 6) is -2.34. The van der Waals surface area contributed by atoms with E-state index in [0.29, 0.717) is 11.5 Å². The SMILES string of the molecule is O=C(N[C@@H](Cc1c[nH]c2ccccc12)C(=O)O)c1ccc2c(c1)OCCOCCOc1cc(C(=O)N[C@H](Cc3c[nH]c4ccccc34)C(=O)O)ccc1OCCOCCO2. The zero-order valence-electron chi connectivity index (χ0n) is 32.4. The van der Waals surface area contributed by atoms with E-state index in [-0.39, 0.29) is 88.3 Å². The predicted molar refractivity (Wildman–Crippen MR) is 218 cm³/mol. The van der Waals surface area contributed by atoms with Gasteiger partial charge in [0.05, 0.1) is 26.4 Å². The van der Waals surface area contributed by atoms with Crippen molar-refractivity contribution in [3.63, 3.8) is 0 Å². The van der Waals surface area contributed by atoms with Crippen molar-refractivity contribution in [1.82, 2.24) is 20.6 Å². The van der Waals surface area contributed by atoms with Crippen LogP contribution in [0.3, 0.4) is 0 Å². The first-order valence-corrected chi connectivity index (χ1v) is 19.4. The summed E-state index contributed by atoms with van der Waals surface area (Å²) in [6.07, 6.45) is 3.63. The lowest BCUT2D eigenvalue weighted by atomic mass is 10.0. The minimum atomic E-state index is -1.19. The van der Waals surface area contributed by atoms with Gasteiger partial charge in [0, 0.05) is 58.2 Å². The number of carbonyl (C=O) groups is 4. The van der Waals surface area contributed by atoms with Gasteiger partial charge in [0.1, 0.15) is 38.5 Å². The number of aliphatic carboxylic acids is 2. The summed E-state index contributed by atoms with van der Waals surface area (Å²) >= 11 is 0. The molecule has 16 heteroatoms. The third-order valence-corrected chi connectivity index (χ3v) is 9.76. The highest BCUT2D eigenvalue weighted by molar-refractivity contribution is 5.98. The van der Waals surface area contributed by atoms with Crippen LogP contribution in [0.15, 0.2) is 97.3 Å². The molecule has 2 atom stereocenters. The van der Waals surface area contributed by atoms with Crippen LogP contribution in [-0.2, 0) is 31.9 Å². The minimum Gasteiger partial charge on any atom is -0.487 e. The molecule has 0 fully saturated rings. The normalized spacial score (nSPS) is 14.9. The molecule has 7 rings (SSSR count). The summed E-state index contributed by atoms with van der Waals surface area (Å²) in [4.78, 5) is 57.4. The zero-order valence-corrected chi connectivity index (χ0v) is 32.4. The molecule has 3 heterocycles. The fourth-order valence-electron chi connectivity index (χ4n) is 6.73. The number of para-hydroxylation sites is 2. The van der Waals surface area contributed by atoms with Crippen LogP contribution in [0.5, 0.6) is 23.0 Å². The molecule has 6 N–H and O–H groups in total. The molecule has 0 spiro atoms. The molecule has 2 amide bonds. The van der Waals surface area contributed by atoms with Crippen molar-refractivity contribution >= 4 is 45.6 Å². The number of hydrogen-bond acceptors (Lipinski definition) is 10. The Balaban J connectivity index is 0.960. The Morgan fingerprint density at radius 1 is 0.517 bits per heavy atom. The van der Waals surface area contributed by atoms with Crippen molar-refractivity contribution in [2.24, 2.45) is 0 Å². The minimum absolute atomic E-state index is 0.0730. The Hall–Kier alpha value is -7.04. The molecule has 16 nitrogen and oxygen atoms in total. The van der Waals surface area contributed by atoms with Crippen molar-refractivity contribution in [1.29, 1.82) is 0 Å². The highest BCUT2D eigenvalue weighted by Gasteiger charge is 2.25. The molecule has 0 unspecified atom stereocenters. The smallest absolute Gasteiger partial charge is 0.326 e. The number of hydrogen-bond donors (Lipinski definition) is 6. The maximum absolute atomic E-state index is 13.4. The summed E-state index contributed by atoms with van der Waals surface area (Å²) in [6.45, 7) is 1.06. The van der Waals surface area contributed by atoms with Gasteiger partial charge in [0.2, 0.25) is 0 Å². The van der Waals surface area contributed by atoms with Gasteiger partial charge in [-0.1, -0.05) is 36.4 Å². The lowest BCUT2D eigenvalue weighted by Crippen LogP contribution is -2.42. The van der Waals surface area contributed by atoms with Crippen LogP contribution in [0.2, 0.25) is 0 Å². The van der Waals surface area contributed by atoms with Crippen molar-refractivity contribution in [3.05, 3.63) is 120 Å². The number of aromatic nitrogens is 2. The molecule has 0 aliphatic carbocycles. The standard InChI is InChI=1S/C44H44N4O12/c49-41(47-35(43(51)52)21-29-25-45-33-7-3-1-5-31(29)33)27-9-11-37-39(23-27)59-19-15-56-16-20-60-40-24-28(10-12-38(40)58-18-14-55-13-17-57-37)42(50)48-36(44(53)54)22-30-26-46-34-8-4-2-6-32(30)34/h1-12,23-26,35-36,45-46H,13-22H2,(H,47,49)(H,48,50)(H,51,52)(H,53,54)/t35-,36+. The van der Waals surface area contributed by atoms with Crippen molar-refractivity contribution in [2.75, 3.05) is 52.9 Å². The maximum atomic E-state index is 13.4. The van der Waals surface area contributed by atoms with Crippen LogP contribution in [0.4, 0.5) is 0 Å². The molecule has 0 bridgehead atoms. The van der Waals surface area contributed by atoms with Gasteiger partial charge in [0.25, 0.3) is 11.8 Å². The van der Waals surface area contributed by atoms with E-state index < -0.39 is 35.8 Å². The Morgan fingerprint density at radius 2 is 0.900 bits per heavy atom. The van der Waals surface area contributed by atoms with Crippen molar-refractivity contribution in [2.45, 2.75) is 24.9 Å². The number of fused-ring (bicyclic) bond motifs is 4. The van der Waals surface area contributed by atoms with Gasteiger partial charge in [-0.3, -0.25) is 9.59 Å². The maximum Gasteiger partial charge on any atom is 0.326 e. The average molecular weight is 821 g/mol. The average Bonchev–Trinajstić information content (AvgIpc) is 3.86. The number of nitrogens with one attached hydrogen (secondary N) is 4. The van der Waals surface area contributed by atoms with Gasteiger partial charge < -0.3 is 59.2 Å². The first kappa shape index (κ1) is 41.1. The first-order valence-electron chi connectivity index (χ1n) is 19.4. The number of carbonyl (C=O) groups excluding carboxylic acids is 2. The predicted octanol–water partition coefficient (Wildman–Crippen LogP) is 4.76.